The van der Waals surface area contributed by atoms with Gasteiger partial charge in [-0.3, -0.25) is 9.59 Å². The molecular formula is C33H28N2O6. The lowest BCUT2D eigenvalue weighted by molar-refractivity contribution is -0.138. The van der Waals surface area contributed by atoms with Crippen LogP contribution in [0.5, 0.6) is 0 Å². The number of nitrogens with one attached hydrogen (secondary N) is 2. The number of carbonyl (C=O) groups is 4. The Labute approximate surface area is 238 Å². The van der Waals surface area contributed by atoms with Crippen molar-refractivity contribution < 1.29 is 28.7 Å². The molecule has 0 saturated carbocycles. The maximum absolute atomic E-state index is 12.7. The maximum Gasteiger partial charge on any atom is 0.408 e. The van der Waals surface area contributed by atoms with E-state index in [1.807, 2.05) is 48.5 Å². The standard InChI is InChI=1S/C33H28N2O6/c1-2-40-32(38)26(19-20-36)14-11-23-12-17-28(18-13-23)35-31(37)22-34-33(39)41-30-21-27-9-4-3-7-24(27)15-16-25-8-5-6-10-29(25)30/h3-14,17-20,30H,2,21-22H2,1H3,(H,34,39)(H,35,37)/b14-11+,26-19+. The molecule has 3 aromatic rings. The average Bonchev–Trinajstić information content (AvgIpc) is 2.97. The molecule has 0 heterocycles. The number of amides is 2. The van der Waals surface area contributed by atoms with Gasteiger partial charge in [-0.15, -0.1) is 0 Å². The van der Waals surface area contributed by atoms with E-state index in [4.69, 9.17) is 9.47 Å². The van der Waals surface area contributed by atoms with Crippen molar-refractivity contribution in [1.29, 1.82) is 0 Å². The summed E-state index contributed by atoms with van der Waals surface area (Å²) in [6.45, 7) is 1.59. The van der Waals surface area contributed by atoms with Crippen LogP contribution in [0.1, 0.15) is 40.8 Å². The number of hydrogen-bond acceptors (Lipinski definition) is 6. The van der Waals surface area contributed by atoms with Crippen molar-refractivity contribution in [1.82, 2.24) is 5.32 Å². The molecule has 1 unspecified atom stereocenters. The van der Waals surface area contributed by atoms with Gasteiger partial charge in [-0.25, -0.2) is 9.59 Å². The molecule has 0 fully saturated rings. The van der Waals surface area contributed by atoms with E-state index in [-0.39, 0.29) is 18.7 Å². The van der Waals surface area contributed by atoms with Crippen molar-refractivity contribution in [2.75, 3.05) is 18.5 Å². The molecule has 41 heavy (non-hydrogen) atoms. The van der Waals surface area contributed by atoms with Crippen LogP contribution in [0.25, 0.3) is 6.08 Å². The van der Waals surface area contributed by atoms with Crippen LogP contribution in [0.15, 0.2) is 90.5 Å². The number of rotatable bonds is 9. The lowest BCUT2D eigenvalue weighted by Crippen LogP contribution is -2.34. The summed E-state index contributed by atoms with van der Waals surface area (Å²) in [6.07, 6.45) is 3.94. The van der Waals surface area contributed by atoms with E-state index in [0.29, 0.717) is 18.4 Å². The smallest absolute Gasteiger partial charge is 0.408 e. The van der Waals surface area contributed by atoms with E-state index in [1.54, 1.807) is 37.3 Å². The van der Waals surface area contributed by atoms with E-state index in [0.717, 1.165) is 33.9 Å². The van der Waals surface area contributed by atoms with E-state index in [9.17, 15) is 19.2 Å². The Morgan fingerprint density at radius 1 is 0.951 bits per heavy atom. The molecule has 2 N–H and O–H groups in total. The molecule has 4 rings (SSSR count). The molecule has 3 aromatic carbocycles. The normalized spacial score (nSPS) is 13.8. The number of benzene rings is 3. The molecule has 1 aliphatic rings. The summed E-state index contributed by atoms with van der Waals surface area (Å²) in [5.74, 6) is 5.33. The number of esters is 1. The highest BCUT2D eigenvalue weighted by molar-refractivity contribution is 5.96. The fourth-order valence-corrected chi connectivity index (χ4v) is 4.13. The van der Waals surface area contributed by atoms with Crippen LogP contribution >= 0.6 is 0 Å². The molecule has 206 valence electrons. The van der Waals surface area contributed by atoms with E-state index >= 15 is 0 Å². The van der Waals surface area contributed by atoms with Gasteiger partial charge in [0.1, 0.15) is 18.9 Å². The van der Waals surface area contributed by atoms with Crippen LogP contribution in [0.4, 0.5) is 10.5 Å². The predicted molar refractivity (Wildman–Crippen MR) is 155 cm³/mol. The Balaban J connectivity index is 1.32. The molecule has 8 nitrogen and oxygen atoms in total. The summed E-state index contributed by atoms with van der Waals surface area (Å²) < 4.78 is 10.7. The first-order chi connectivity index (χ1) is 20.0. The molecule has 2 amide bonds. The van der Waals surface area contributed by atoms with E-state index < -0.39 is 24.1 Å². The summed E-state index contributed by atoms with van der Waals surface area (Å²) in [7, 11) is 0. The zero-order valence-electron chi connectivity index (χ0n) is 22.4. The first kappa shape index (κ1) is 28.6. The van der Waals surface area contributed by atoms with Gasteiger partial charge in [0.05, 0.1) is 12.2 Å². The van der Waals surface area contributed by atoms with Crippen molar-refractivity contribution >= 4 is 36.0 Å². The molecule has 0 aliphatic heterocycles. The Bertz CT molecular complexity index is 1560. The minimum Gasteiger partial charge on any atom is -0.462 e. The number of fused-ring (bicyclic) bond motifs is 2. The predicted octanol–water partition coefficient (Wildman–Crippen LogP) is 4.75. The largest absolute Gasteiger partial charge is 0.462 e. The lowest BCUT2D eigenvalue weighted by atomic mass is 9.92. The minimum atomic E-state index is -0.716. The van der Waals surface area contributed by atoms with Gasteiger partial charge in [0.2, 0.25) is 5.91 Å². The average molecular weight is 549 g/mol. The summed E-state index contributed by atoms with van der Waals surface area (Å²) in [5.41, 5.74) is 4.82. The maximum atomic E-state index is 12.7. The zero-order chi connectivity index (χ0) is 29.0. The number of hydrogen-bond donors (Lipinski definition) is 2. The molecule has 0 aromatic heterocycles. The Morgan fingerprint density at radius 2 is 1.66 bits per heavy atom. The Morgan fingerprint density at radius 3 is 2.41 bits per heavy atom. The molecule has 0 spiro atoms. The van der Waals surface area contributed by atoms with Crippen molar-refractivity contribution in [3.05, 3.63) is 118 Å². The van der Waals surface area contributed by atoms with Gasteiger partial charge in [0.15, 0.2) is 0 Å². The Kier molecular flexibility index (Phi) is 9.83. The highest BCUT2D eigenvalue weighted by atomic mass is 16.6. The third-order valence-corrected chi connectivity index (χ3v) is 6.11. The molecule has 8 heteroatoms. The number of aldehydes is 1. The zero-order valence-corrected chi connectivity index (χ0v) is 22.4. The van der Waals surface area contributed by atoms with Gasteiger partial charge in [0, 0.05) is 28.8 Å². The van der Waals surface area contributed by atoms with Gasteiger partial charge in [-0.1, -0.05) is 66.4 Å². The summed E-state index contributed by atoms with van der Waals surface area (Å²) >= 11 is 0. The Hall–Kier alpha value is -5.42. The van der Waals surface area contributed by atoms with Crippen LogP contribution in [0.2, 0.25) is 0 Å². The number of alkyl carbamates (subject to hydrolysis) is 1. The van der Waals surface area contributed by atoms with Gasteiger partial charge in [0.25, 0.3) is 0 Å². The molecule has 1 atom stereocenters. The van der Waals surface area contributed by atoms with Crippen molar-refractivity contribution in [3.8, 4) is 11.8 Å². The fourth-order valence-electron chi connectivity index (χ4n) is 4.13. The first-order valence-electron chi connectivity index (χ1n) is 13.0. The molecule has 0 radical (unpaired) electrons. The van der Waals surface area contributed by atoms with Crippen LogP contribution in [0.3, 0.4) is 0 Å². The number of ether oxygens (including phenoxy) is 2. The second-order valence-electron chi connectivity index (χ2n) is 8.93. The SMILES string of the molecule is CCOC(=O)C(/C=C/c1ccc(NC(=O)CNC(=O)OC2Cc3ccccc3C#Cc3ccccc32)cc1)=C/C=O. The number of carbonyl (C=O) groups excluding carboxylic acids is 4. The summed E-state index contributed by atoms with van der Waals surface area (Å²) in [4.78, 5) is 47.8. The third kappa shape index (κ3) is 8.04. The van der Waals surface area contributed by atoms with Crippen molar-refractivity contribution in [2.24, 2.45) is 0 Å². The monoisotopic (exact) mass is 548 g/mol. The molecule has 1 aliphatic carbocycles. The second-order valence-corrected chi connectivity index (χ2v) is 8.93. The van der Waals surface area contributed by atoms with Crippen molar-refractivity contribution in [2.45, 2.75) is 19.4 Å². The van der Waals surface area contributed by atoms with Crippen LogP contribution in [-0.4, -0.2) is 37.4 Å². The van der Waals surface area contributed by atoms with Gasteiger partial charge in [-0.05, 0) is 54.5 Å². The van der Waals surface area contributed by atoms with Gasteiger partial charge >= 0.3 is 12.1 Å². The molecule has 0 saturated heterocycles. The summed E-state index contributed by atoms with van der Waals surface area (Å²) in [6, 6.07) is 22.1. The van der Waals surface area contributed by atoms with E-state index in [1.165, 1.54) is 6.08 Å². The number of allylic oxidation sites excluding steroid dienone is 1. The first-order valence-corrected chi connectivity index (χ1v) is 13.0. The number of anilines is 1. The molecule has 0 bridgehead atoms. The van der Waals surface area contributed by atoms with Crippen LogP contribution in [-0.2, 0) is 30.3 Å². The fraction of sp³-hybridized carbons (Fsp3) is 0.152. The highest BCUT2D eigenvalue weighted by Gasteiger charge is 2.22. The minimum absolute atomic E-state index is 0.122. The van der Waals surface area contributed by atoms with Crippen LogP contribution < -0.4 is 10.6 Å². The third-order valence-electron chi connectivity index (χ3n) is 6.11. The highest BCUT2D eigenvalue weighted by Crippen LogP contribution is 2.28. The van der Waals surface area contributed by atoms with Gasteiger partial charge in [-0.2, -0.15) is 0 Å². The second kappa shape index (κ2) is 14.1. The van der Waals surface area contributed by atoms with Crippen LogP contribution in [0, 0.1) is 11.8 Å². The summed E-state index contributed by atoms with van der Waals surface area (Å²) in [5, 5.41) is 5.23. The molecular weight excluding hydrogens is 520 g/mol. The van der Waals surface area contributed by atoms with Crippen molar-refractivity contribution in [3.63, 3.8) is 0 Å². The van der Waals surface area contributed by atoms with E-state index in [2.05, 4.69) is 22.5 Å². The quantitative estimate of drug-likeness (QED) is 0.131. The lowest BCUT2D eigenvalue weighted by Gasteiger charge is -2.22. The topological polar surface area (TPSA) is 111 Å². The van der Waals surface area contributed by atoms with Gasteiger partial charge < -0.3 is 20.1 Å².